The Morgan fingerprint density at radius 1 is 1.20 bits per heavy atom. The van der Waals surface area contributed by atoms with Crippen LogP contribution >= 0.6 is 11.3 Å². The van der Waals surface area contributed by atoms with Crippen molar-refractivity contribution in [1.29, 1.82) is 0 Å². The third kappa shape index (κ3) is 3.94. The molecular weight excluding hydrogens is 406 g/mol. The topological polar surface area (TPSA) is 81.2 Å². The van der Waals surface area contributed by atoms with E-state index < -0.39 is 11.7 Å². The zero-order valence-electron chi connectivity index (χ0n) is 17.6. The molecule has 2 amide bonds. The molecule has 0 aliphatic carbocycles. The Balaban J connectivity index is 1.69. The van der Waals surface area contributed by atoms with E-state index in [1.54, 1.807) is 24.9 Å². The van der Waals surface area contributed by atoms with Crippen molar-refractivity contribution in [2.45, 2.75) is 25.6 Å². The molecule has 0 radical (unpaired) electrons. The van der Waals surface area contributed by atoms with Crippen molar-refractivity contribution in [2.24, 2.45) is 0 Å². The molecule has 1 atom stereocenters. The molecule has 0 bridgehead atoms. The van der Waals surface area contributed by atoms with Gasteiger partial charge in [0.2, 0.25) is 0 Å². The van der Waals surface area contributed by atoms with Gasteiger partial charge in [0.15, 0.2) is 0 Å². The molecule has 2 aromatic heterocycles. The van der Waals surface area contributed by atoms with Gasteiger partial charge >= 0.3 is 0 Å². The molecular formula is C21H27N3O5S. The van der Waals surface area contributed by atoms with Gasteiger partial charge in [-0.05, 0) is 19.9 Å². The summed E-state index contributed by atoms with van der Waals surface area (Å²) in [6.45, 7) is 7.01. The van der Waals surface area contributed by atoms with E-state index in [1.807, 2.05) is 17.0 Å². The number of pyridine rings is 1. The second-order valence-electron chi connectivity index (χ2n) is 7.93. The van der Waals surface area contributed by atoms with Crippen LogP contribution in [0.5, 0.6) is 0 Å². The number of nitrogens with zero attached hydrogens (tertiary/aromatic N) is 3. The molecule has 0 aromatic carbocycles. The highest BCUT2D eigenvalue weighted by atomic mass is 32.1. The van der Waals surface area contributed by atoms with E-state index in [9.17, 15) is 9.59 Å². The molecule has 0 saturated carbocycles. The highest BCUT2D eigenvalue weighted by Crippen LogP contribution is 2.38. The number of aromatic nitrogens is 1. The van der Waals surface area contributed by atoms with Gasteiger partial charge in [-0.1, -0.05) is 6.07 Å². The van der Waals surface area contributed by atoms with Crippen LogP contribution in [-0.4, -0.2) is 85.3 Å². The number of hydrogen-bond donors (Lipinski definition) is 0. The normalized spacial score (nSPS) is 20.6. The van der Waals surface area contributed by atoms with E-state index >= 15 is 0 Å². The quantitative estimate of drug-likeness (QED) is 0.735. The average Bonchev–Trinajstić information content (AvgIpc) is 3.18. The largest absolute Gasteiger partial charge is 0.378 e. The number of amides is 2. The molecule has 2 saturated heterocycles. The molecule has 2 aliphatic rings. The van der Waals surface area contributed by atoms with E-state index in [-0.39, 0.29) is 11.8 Å². The van der Waals surface area contributed by atoms with Gasteiger partial charge < -0.3 is 24.0 Å². The van der Waals surface area contributed by atoms with E-state index in [0.717, 1.165) is 15.8 Å². The Labute approximate surface area is 179 Å². The Morgan fingerprint density at radius 2 is 1.93 bits per heavy atom. The third-order valence-electron chi connectivity index (χ3n) is 5.70. The zero-order chi connectivity index (χ0) is 21.3. The van der Waals surface area contributed by atoms with Gasteiger partial charge in [-0.25, -0.2) is 4.98 Å². The minimum Gasteiger partial charge on any atom is -0.378 e. The first-order chi connectivity index (χ1) is 14.4. The number of methoxy groups -OCH3 is 1. The SMILES string of the molecule is COC(C)(C)C(=O)N1CCO[C@H](c2c(C(=O)N3CCOCC3)sc3ncccc23)C1. The minimum absolute atomic E-state index is 0.0272. The summed E-state index contributed by atoms with van der Waals surface area (Å²) < 4.78 is 16.9. The fourth-order valence-corrected chi connectivity index (χ4v) is 4.98. The summed E-state index contributed by atoms with van der Waals surface area (Å²) in [5.41, 5.74) is -0.0839. The smallest absolute Gasteiger partial charge is 0.264 e. The van der Waals surface area contributed by atoms with Crippen molar-refractivity contribution in [3.05, 3.63) is 28.8 Å². The standard InChI is InChI=1S/C21H27N3O5S/c1-21(2,27-3)20(26)24-9-12-29-15(13-24)16-14-5-4-6-22-18(14)30-17(16)19(25)23-7-10-28-11-8-23/h4-6,15H,7-13H2,1-3H3/t15-/m0/s1. The second kappa shape index (κ2) is 8.58. The highest BCUT2D eigenvalue weighted by molar-refractivity contribution is 7.20. The van der Waals surface area contributed by atoms with Gasteiger partial charge in [0.05, 0.1) is 26.4 Å². The number of hydrogen-bond acceptors (Lipinski definition) is 7. The first-order valence-electron chi connectivity index (χ1n) is 10.1. The van der Waals surface area contributed by atoms with Crippen LogP contribution in [0.2, 0.25) is 0 Å². The zero-order valence-corrected chi connectivity index (χ0v) is 18.4. The lowest BCUT2D eigenvalue weighted by atomic mass is 10.0. The summed E-state index contributed by atoms with van der Waals surface area (Å²) in [5, 5.41) is 0.907. The maximum absolute atomic E-state index is 13.4. The van der Waals surface area contributed by atoms with E-state index in [0.29, 0.717) is 50.9 Å². The van der Waals surface area contributed by atoms with Crippen LogP contribution in [0, 0.1) is 0 Å². The van der Waals surface area contributed by atoms with Gasteiger partial charge in [-0.2, -0.15) is 0 Å². The van der Waals surface area contributed by atoms with Crippen LogP contribution in [0.15, 0.2) is 18.3 Å². The van der Waals surface area contributed by atoms with Crippen molar-refractivity contribution >= 4 is 33.4 Å². The van der Waals surface area contributed by atoms with Crippen LogP contribution < -0.4 is 0 Å². The second-order valence-corrected chi connectivity index (χ2v) is 8.93. The van der Waals surface area contributed by atoms with Crippen molar-refractivity contribution in [3.8, 4) is 0 Å². The van der Waals surface area contributed by atoms with Gasteiger partial charge in [-0.15, -0.1) is 11.3 Å². The Hall–Kier alpha value is -2.07. The fourth-order valence-electron chi connectivity index (χ4n) is 3.82. The maximum atomic E-state index is 13.4. The van der Waals surface area contributed by atoms with Gasteiger partial charge in [0.25, 0.3) is 11.8 Å². The van der Waals surface area contributed by atoms with Gasteiger partial charge in [0, 0.05) is 43.9 Å². The Morgan fingerprint density at radius 3 is 2.67 bits per heavy atom. The summed E-state index contributed by atoms with van der Waals surface area (Å²) in [6.07, 6.45) is 1.33. The molecule has 162 valence electrons. The molecule has 4 heterocycles. The van der Waals surface area contributed by atoms with E-state index in [4.69, 9.17) is 14.2 Å². The average molecular weight is 434 g/mol. The maximum Gasteiger partial charge on any atom is 0.264 e. The number of fused-ring (bicyclic) bond motifs is 1. The molecule has 4 rings (SSSR count). The predicted molar refractivity (Wildman–Crippen MR) is 113 cm³/mol. The molecule has 2 aliphatic heterocycles. The lowest BCUT2D eigenvalue weighted by molar-refractivity contribution is -0.158. The molecule has 0 spiro atoms. The van der Waals surface area contributed by atoms with Crippen LogP contribution in [-0.2, 0) is 19.0 Å². The predicted octanol–water partition coefficient (Wildman–Crippen LogP) is 2.09. The van der Waals surface area contributed by atoms with Crippen LogP contribution in [0.1, 0.15) is 35.2 Å². The van der Waals surface area contributed by atoms with Crippen LogP contribution in [0.3, 0.4) is 0 Å². The van der Waals surface area contributed by atoms with Crippen LogP contribution in [0.25, 0.3) is 10.2 Å². The van der Waals surface area contributed by atoms with Crippen LogP contribution in [0.4, 0.5) is 0 Å². The van der Waals surface area contributed by atoms with E-state index in [2.05, 4.69) is 4.98 Å². The van der Waals surface area contributed by atoms with Gasteiger partial charge in [-0.3, -0.25) is 9.59 Å². The number of ether oxygens (including phenoxy) is 3. The molecule has 0 unspecified atom stereocenters. The van der Waals surface area contributed by atoms with Gasteiger partial charge in [0.1, 0.15) is 21.4 Å². The summed E-state index contributed by atoms with van der Waals surface area (Å²) in [5.74, 6) is -0.113. The molecule has 2 fully saturated rings. The molecule has 2 aromatic rings. The molecule has 8 nitrogen and oxygen atoms in total. The monoisotopic (exact) mass is 433 g/mol. The van der Waals surface area contributed by atoms with Crippen molar-refractivity contribution in [3.63, 3.8) is 0 Å². The summed E-state index contributed by atoms with van der Waals surface area (Å²) >= 11 is 1.39. The van der Waals surface area contributed by atoms with E-state index in [1.165, 1.54) is 18.4 Å². The first-order valence-corrected chi connectivity index (χ1v) is 10.9. The minimum atomic E-state index is -0.910. The number of morpholine rings is 2. The van der Waals surface area contributed by atoms with Crippen molar-refractivity contribution in [2.75, 3.05) is 53.1 Å². The summed E-state index contributed by atoms with van der Waals surface area (Å²) in [6, 6.07) is 3.83. The highest BCUT2D eigenvalue weighted by Gasteiger charge is 2.37. The molecule has 0 N–H and O–H groups in total. The fraction of sp³-hybridized carbons (Fsp3) is 0.571. The third-order valence-corrected chi connectivity index (χ3v) is 6.82. The number of carbonyl (C=O) groups is 2. The number of thiophene rings is 1. The van der Waals surface area contributed by atoms with Crippen molar-refractivity contribution < 1.29 is 23.8 Å². The lowest BCUT2D eigenvalue weighted by Crippen LogP contribution is -2.51. The summed E-state index contributed by atoms with van der Waals surface area (Å²) in [7, 11) is 1.53. The first kappa shape index (κ1) is 21.2. The molecule has 9 heteroatoms. The molecule has 30 heavy (non-hydrogen) atoms. The Kier molecular flexibility index (Phi) is 6.06. The Bertz CT molecular complexity index is 938. The summed E-state index contributed by atoms with van der Waals surface area (Å²) in [4.78, 5) is 35.8. The number of rotatable bonds is 4. The lowest BCUT2D eigenvalue weighted by Gasteiger charge is -2.37. The number of carbonyl (C=O) groups excluding carboxylic acids is 2. The van der Waals surface area contributed by atoms with Crippen molar-refractivity contribution in [1.82, 2.24) is 14.8 Å².